The van der Waals surface area contributed by atoms with Gasteiger partial charge in [-0.05, 0) is 30.4 Å². The number of ether oxygens (including phenoxy) is 2. The molecule has 1 aromatic heterocycles. The van der Waals surface area contributed by atoms with Gasteiger partial charge in [0.1, 0.15) is 6.61 Å². The van der Waals surface area contributed by atoms with Crippen LogP contribution in [-0.4, -0.2) is 39.1 Å². The number of amides is 1. The normalized spacial score (nSPS) is 26.2. The molecule has 1 aliphatic carbocycles. The van der Waals surface area contributed by atoms with Gasteiger partial charge in [-0.25, -0.2) is 0 Å². The second-order valence-corrected chi connectivity index (χ2v) is 8.94. The topological polar surface area (TPSA) is 78.3 Å². The van der Waals surface area contributed by atoms with Crippen LogP contribution < -0.4 is 14.8 Å². The van der Waals surface area contributed by atoms with Crippen LogP contribution in [0.2, 0.25) is 0 Å². The predicted octanol–water partition coefficient (Wildman–Crippen LogP) is 3.36. The van der Waals surface area contributed by atoms with Gasteiger partial charge in [0.25, 0.3) is 0 Å². The van der Waals surface area contributed by atoms with Crippen molar-refractivity contribution in [3.63, 3.8) is 0 Å². The summed E-state index contributed by atoms with van der Waals surface area (Å²) < 4.78 is 13.7. The first-order chi connectivity index (χ1) is 14.0. The number of aromatic nitrogens is 3. The van der Waals surface area contributed by atoms with Crippen LogP contribution in [-0.2, 0) is 11.8 Å². The average molecular weight is 417 g/mol. The number of nitrogens with zero attached hydrogens (tertiary/aromatic N) is 3. The quantitative estimate of drug-likeness (QED) is 0.753. The van der Waals surface area contributed by atoms with E-state index in [0.717, 1.165) is 12.2 Å². The summed E-state index contributed by atoms with van der Waals surface area (Å²) in [6, 6.07) is 7.87. The minimum absolute atomic E-state index is 0.0525. The molecular formula is C21H28N4O3S. The van der Waals surface area contributed by atoms with Gasteiger partial charge in [0.2, 0.25) is 5.91 Å². The van der Waals surface area contributed by atoms with Gasteiger partial charge in [0.05, 0.1) is 5.75 Å². The van der Waals surface area contributed by atoms with Crippen molar-refractivity contribution in [1.82, 2.24) is 20.1 Å². The molecule has 1 N–H and O–H groups in total. The number of hydrogen-bond acceptors (Lipinski definition) is 6. The van der Waals surface area contributed by atoms with Crippen molar-refractivity contribution >= 4 is 17.7 Å². The molecule has 0 radical (unpaired) electrons. The molecule has 4 atom stereocenters. The maximum absolute atomic E-state index is 12.5. The van der Waals surface area contributed by atoms with E-state index >= 15 is 0 Å². The number of carbonyl (C=O) groups excluding carboxylic acids is 1. The smallest absolute Gasteiger partial charge is 0.230 e. The molecule has 1 aliphatic heterocycles. The van der Waals surface area contributed by atoms with Crippen LogP contribution in [0.25, 0.3) is 0 Å². The number of fused-ring (bicyclic) bond motifs is 1. The largest absolute Gasteiger partial charge is 0.485 e. The highest BCUT2D eigenvalue weighted by Gasteiger charge is 2.29. The Morgan fingerprint density at radius 2 is 2.03 bits per heavy atom. The lowest BCUT2D eigenvalue weighted by Gasteiger charge is -2.34. The summed E-state index contributed by atoms with van der Waals surface area (Å²) in [7, 11) is 1.89. The SMILES string of the molecule is C[C@H]1[C@H](C)CCC[C@@H]1NC(=O)CSc1nnc([C@H]2COc3ccccc3O2)n1C. The Balaban J connectivity index is 1.34. The number of nitrogens with one attached hydrogen (secondary N) is 1. The highest BCUT2D eigenvalue weighted by atomic mass is 32.2. The standard InChI is InChI=1S/C21H28N4O3S/c1-13-7-6-8-15(14(13)2)22-19(26)12-29-21-24-23-20(25(21)3)18-11-27-16-9-4-5-10-17(16)28-18/h4-5,9-10,13-15,18H,6-8,11-12H2,1-3H3,(H,22,26)/t13-,14+,15+,18-/m1/s1. The highest BCUT2D eigenvalue weighted by Crippen LogP contribution is 2.36. The minimum atomic E-state index is -0.324. The number of benzene rings is 1. The molecule has 1 fully saturated rings. The number of rotatable bonds is 5. The molecule has 156 valence electrons. The summed E-state index contributed by atoms with van der Waals surface area (Å²) in [5.74, 6) is 3.69. The fourth-order valence-corrected chi connectivity index (χ4v) is 4.77. The minimum Gasteiger partial charge on any atom is -0.485 e. The van der Waals surface area contributed by atoms with Crippen molar-refractivity contribution in [3.8, 4) is 11.5 Å². The van der Waals surface area contributed by atoms with E-state index < -0.39 is 0 Å². The van der Waals surface area contributed by atoms with Crippen molar-refractivity contribution in [1.29, 1.82) is 0 Å². The van der Waals surface area contributed by atoms with Gasteiger partial charge in [-0.3, -0.25) is 4.79 Å². The Bertz CT molecular complexity index is 871. The third-order valence-electron chi connectivity index (χ3n) is 6.05. The molecule has 1 saturated carbocycles. The molecular weight excluding hydrogens is 388 g/mol. The lowest BCUT2D eigenvalue weighted by Crippen LogP contribution is -2.44. The summed E-state index contributed by atoms with van der Waals surface area (Å²) in [6.45, 7) is 4.89. The maximum atomic E-state index is 12.5. The second kappa shape index (κ2) is 8.65. The van der Waals surface area contributed by atoms with Crippen LogP contribution in [0, 0.1) is 11.8 Å². The zero-order chi connectivity index (χ0) is 20.4. The first-order valence-electron chi connectivity index (χ1n) is 10.2. The monoisotopic (exact) mass is 416 g/mol. The number of hydrogen-bond donors (Lipinski definition) is 1. The Labute approximate surface area is 175 Å². The Morgan fingerprint density at radius 3 is 2.86 bits per heavy atom. The molecule has 0 bridgehead atoms. The summed E-state index contributed by atoms with van der Waals surface area (Å²) >= 11 is 1.40. The predicted molar refractivity (Wildman–Crippen MR) is 111 cm³/mol. The molecule has 2 heterocycles. The van der Waals surface area contributed by atoms with Gasteiger partial charge in [-0.2, -0.15) is 0 Å². The molecule has 1 aromatic carbocycles. The van der Waals surface area contributed by atoms with Crippen LogP contribution in [0.5, 0.6) is 11.5 Å². The van der Waals surface area contributed by atoms with Crippen molar-refractivity contribution in [2.24, 2.45) is 18.9 Å². The van der Waals surface area contributed by atoms with Gasteiger partial charge in [0.15, 0.2) is 28.6 Å². The fraction of sp³-hybridized carbons (Fsp3) is 0.571. The summed E-state index contributed by atoms with van der Waals surface area (Å²) in [6.07, 6.45) is 3.18. The van der Waals surface area contributed by atoms with Crippen molar-refractivity contribution in [2.75, 3.05) is 12.4 Å². The van der Waals surface area contributed by atoms with E-state index in [2.05, 4.69) is 29.4 Å². The lowest BCUT2D eigenvalue weighted by molar-refractivity contribution is -0.120. The van der Waals surface area contributed by atoms with Gasteiger partial charge in [-0.1, -0.05) is 50.6 Å². The van der Waals surface area contributed by atoms with E-state index in [4.69, 9.17) is 9.47 Å². The summed E-state index contributed by atoms with van der Waals surface area (Å²) in [4.78, 5) is 12.5. The lowest BCUT2D eigenvalue weighted by atomic mass is 9.78. The molecule has 29 heavy (non-hydrogen) atoms. The van der Waals surface area contributed by atoms with Crippen LogP contribution in [0.4, 0.5) is 0 Å². The molecule has 7 nitrogen and oxygen atoms in total. The maximum Gasteiger partial charge on any atom is 0.230 e. The van der Waals surface area contributed by atoms with Crippen molar-refractivity contribution in [2.45, 2.75) is 50.4 Å². The third-order valence-corrected chi connectivity index (χ3v) is 7.07. The van der Waals surface area contributed by atoms with Crippen molar-refractivity contribution in [3.05, 3.63) is 30.1 Å². The van der Waals surface area contributed by atoms with Crippen LogP contribution >= 0.6 is 11.8 Å². The summed E-state index contributed by atoms with van der Waals surface area (Å²) in [5, 5.41) is 12.4. The molecule has 0 saturated heterocycles. The zero-order valence-electron chi connectivity index (χ0n) is 17.1. The molecule has 8 heteroatoms. The van der Waals surface area contributed by atoms with Crippen LogP contribution in [0.1, 0.15) is 45.0 Å². The Kier molecular flexibility index (Phi) is 5.99. The molecule has 0 spiro atoms. The van der Waals surface area contributed by atoms with Crippen LogP contribution in [0.15, 0.2) is 29.4 Å². The van der Waals surface area contributed by atoms with E-state index in [1.54, 1.807) is 0 Å². The molecule has 1 amide bonds. The van der Waals surface area contributed by atoms with Crippen LogP contribution in [0.3, 0.4) is 0 Å². The van der Waals surface area contributed by atoms with E-state index in [9.17, 15) is 4.79 Å². The number of carbonyl (C=O) groups is 1. The number of para-hydroxylation sites is 2. The van der Waals surface area contributed by atoms with Gasteiger partial charge in [0, 0.05) is 13.1 Å². The molecule has 4 rings (SSSR count). The fourth-order valence-electron chi connectivity index (χ4n) is 4.04. The second-order valence-electron chi connectivity index (χ2n) is 7.99. The van der Waals surface area contributed by atoms with Gasteiger partial charge >= 0.3 is 0 Å². The zero-order valence-corrected chi connectivity index (χ0v) is 17.9. The average Bonchev–Trinajstić information content (AvgIpc) is 3.10. The van der Waals surface area contributed by atoms with Crippen molar-refractivity contribution < 1.29 is 14.3 Å². The van der Waals surface area contributed by atoms with Gasteiger partial charge in [-0.15, -0.1) is 10.2 Å². The first-order valence-corrected chi connectivity index (χ1v) is 11.2. The Hall–Kier alpha value is -2.22. The number of thioether (sulfide) groups is 1. The highest BCUT2D eigenvalue weighted by molar-refractivity contribution is 7.99. The molecule has 2 aromatic rings. The Morgan fingerprint density at radius 1 is 1.24 bits per heavy atom. The molecule has 2 aliphatic rings. The van der Waals surface area contributed by atoms with E-state index in [1.165, 1.54) is 24.6 Å². The van der Waals surface area contributed by atoms with E-state index in [-0.39, 0.29) is 18.1 Å². The summed E-state index contributed by atoms with van der Waals surface area (Å²) in [5.41, 5.74) is 0. The van der Waals surface area contributed by atoms with Gasteiger partial charge < -0.3 is 19.4 Å². The third kappa shape index (κ3) is 4.37. The van der Waals surface area contributed by atoms with E-state index in [1.807, 2.05) is 35.9 Å². The first kappa shape index (κ1) is 20.1. The van der Waals surface area contributed by atoms with E-state index in [0.29, 0.717) is 40.9 Å². The molecule has 0 unspecified atom stereocenters.